The Kier molecular flexibility index (Phi) is 6.35. The number of hydrogen-bond donors (Lipinski definition) is 7. The number of carbonyl (C=O) groups is 2. The maximum atomic E-state index is 13.6. The summed E-state index contributed by atoms with van der Waals surface area (Å²) in [7, 11) is 0. The van der Waals surface area contributed by atoms with Crippen LogP contribution in [0.25, 0.3) is 0 Å². The smallest absolute Gasteiger partial charge is 0.492 e. The van der Waals surface area contributed by atoms with Crippen molar-refractivity contribution in [3.63, 3.8) is 0 Å². The molecule has 1 spiro atoms. The number of nitrogens with zero attached hydrogens (tertiary/aromatic N) is 3. The van der Waals surface area contributed by atoms with Gasteiger partial charge in [-0.25, -0.2) is 9.98 Å². The van der Waals surface area contributed by atoms with Crippen LogP contribution in [-0.4, -0.2) is 94.4 Å². The Hall–Kier alpha value is -4.90. The molecule has 46 heavy (non-hydrogen) atoms. The summed E-state index contributed by atoms with van der Waals surface area (Å²) in [6.07, 6.45) is -3.07. The first-order valence-corrected chi connectivity index (χ1v) is 14.6. The first-order valence-electron chi connectivity index (χ1n) is 14.6. The molecule has 0 aliphatic carbocycles. The van der Waals surface area contributed by atoms with Gasteiger partial charge in [0.25, 0.3) is 11.8 Å². The van der Waals surface area contributed by atoms with Gasteiger partial charge in [-0.05, 0) is 36.1 Å². The van der Waals surface area contributed by atoms with Gasteiger partial charge in [0.1, 0.15) is 17.8 Å². The molecule has 0 aromatic heterocycles. The number of rotatable bonds is 5. The molecule has 5 aliphatic heterocycles. The number of alkyl halides is 2. The van der Waals surface area contributed by atoms with E-state index < -0.39 is 47.7 Å². The summed E-state index contributed by atoms with van der Waals surface area (Å²) in [6, 6.07) is 5.44. The quantitative estimate of drug-likeness (QED) is 0.202. The molecule has 9 N–H and O–H groups in total. The first-order chi connectivity index (χ1) is 21.6. The second-order valence-corrected chi connectivity index (χ2v) is 12.5. The van der Waals surface area contributed by atoms with Crippen LogP contribution in [0.4, 0.5) is 8.78 Å². The summed E-state index contributed by atoms with van der Waals surface area (Å²) < 4.78 is 41.5. The Morgan fingerprint density at radius 2 is 1.87 bits per heavy atom. The minimum absolute atomic E-state index is 0.00511. The molecule has 5 heterocycles. The highest BCUT2D eigenvalue weighted by atomic mass is 19.3. The van der Waals surface area contributed by atoms with E-state index in [0.29, 0.717) is 12.4 Å². The summed E-state index contributed by atoms with van der Waals surface area (Å²) in [6.45, 7) is 4.16. The predicted molar refractivity (Wildman–Crippen MR) is 156 cm³/mol. The average molecular weight is 643 g/mol. The van der Waals surface area contributed by atoms with Gasteiger partial charge in [-0.15, -0.1) is 8.78 Å². The van der Waals surface area contributed by atoms with Crippen molar-refractivity contribution in [1.29, 1.82) is 0 Å². The Labute approximate surface area is 260 Å². The number of fused-ring (bicyclic) bond motifs is 2. The van der Waals surface area contributed by atoms with Gasteiger partial charge in [0, 0.05) is 24.2 Å². The molecule has 4 atom stereocenters. The number of amides is 2. The number of aliphatic imine (C=N–C) groups is 2. The van der Waals surface area contributed by atoms with Crippen molar-refractivity contribution in [2.24, 2.45) is 21.5 Å². The molecule has 0 saturated carbocycles. The Morgan fingerprint density at radius 1 is 1.11 bits per heavy atom. The number of benzene rings is 2. The number of guanidine groups is 2. The SMILES string of the molecule is CC1(C)CCOc2c(C(=O)NC3CN4C(N)=N[C@@H](CNC(=O)c5ccc6c(c5)OC(F)(F)O6)C5N=C(N)NC54C3(O)O)cccc21. The maximum absolute atomic E-state index is 13.6. The van der Waals surface area contributed by atoms with Crippen LogP contribution in [-0.2, 0) is 5.41 Å². The summed E-state index contributed by atoms with van der Waals surface area (Å²) in [5.41, 5.74) is 11.4. The molecule has 5 aliphatic rings. The zero-order valence-electron chi connectivity index (χ0n) is 24.7. The van der Waals surface area contributed by atoms with Gasteiger partial charge in [0.05, 0.1) is 18.2 Å². The van der Waals surface area contributed by atoms with Crippen molar-refractivity contribution in [2.75, 3.05) is 19.7 Å². The molecule has 0 radical (unpaired) electrons. The van der Waals surface area contributed by atoms with Crippen molar-refractivity contribution < 1.29 is 42.8 Å². The molecule has 1 saturated heterocycles. The number of carbonyl (C=O) groups excluding carboxylic acids is 2. The predicted octanol–water partition coefficient (Wildman–Crippen LogP) is -0.727. The monoisotopic (exact) mass is 642 g/mol. The second kappa shape index (κ2) is 9.80. The lowest BCUT2D eigenvalue weighted by Gasteiger charge is -2.49. The van der Waals surface area contributed by atoms with Crippen LogP contribution in [0.2, 0.25) is 0 Å². The van der Waals surface area contributed by atoms with Gasteiger partial charge < -0.3 is 56.7 Å². The zero-order chi connectivity index (χ0) is 32.8. The van der Waals surface area contributed by atoms with Crippen molar-refractivity contribution in [2.45, 2.75) is 61.6 Å². The van der Waals surface area contributed by atoms with Gasteiger partial charge in [0.2, 0.25) is 5.79 Å². The number of aliphatic hydroxyl groups is 2. The third-order valence-corrected chi connectivity index (χ3v) is 9.20. The standard InChI is InChI=1S/C29H32F2N8O7/c1-26(2)8-9-44-20-14(4-3-5-15(20)26)23(41)36-19-12-39-25(33)35-16(21-27(39,28(19,42)43)38-24(32)37-21)11-34-22(40)13-6-7-17-18(10-13)46-29(30,31)45-17/h3-7,10,16,19,21,42-43H,8-9,11-12H2,1-2H3,(H2,33,35)(H,34,40)(H,36,41)(H3,32,37,38)/t16-,19?,21?,27?/m0/s1. The molecule has 15 nitrogen and oxygen atoms in total. The van der Waals surface area contributed by atoms with Crippen LogP contribution in [0.3, 0.4) is 0 Å². The van der Waals surface area contributed by atoms with Crippen LogP contribution >= 0.6 is 0 Å². The van der Waals surface area contributed by atoms with Crippen LogP contribution in [0.15, 0.2) is 46.4 Å². The molecule has 2 amide bonds. The second-order valence-electron chi connectivity index (χ2n) is 12.5. The number of para-hydroxylation sites is 1. The molecule has 244 valence electrons. The third-order valence-electron chi connectivity index (χ3n) is 9.20. The number of halogens is 2. The van der Waals surface area contributed by atoms with Crippen molar-refractivity contribution in [1.82, 2.24) is 20.9 Å². The van der Waals surface area contributed by atoms with Gasteiger partial charge >= 0.3 is 6.29 Å². The van der Waals surface area contributed by atoms with E-state index in [4.69, 9.17) is 16.2 Å². The molecular formula is C29H32F2N8O7. The largest absolute Gasteiger partial charge is 0.586 e. The Balaban J connectivity index is 1.12. The normalized spacial score (nSPS) is 28.8. The number of ether oxygens (including phenoxy) is 3. The van der Waals surface area contributed by atoms with Crippen molar-refractivity contribution in [3.05, 3.63) is 53.1 Å². The van der Waals surface area contributed by atoms with Crippen molar-refractivity contribution in [3.8, 4) is 17.2 Å². The summed E-state index contributed by atoms with van der Waals surface area (Å²) >= 11 is 0. The lowest BCUT2D eigenvalue weighted by atomic mass is 9.79. The van der Waals surface area contributed by atoms with E-state index in [1.165, 1.54) is 17.0 Å². The minimum Gasteiger partial charge on any atom is -0.492 e. The van der Waals surface area contributed by atoms with Crippen LogP contribution < -0.4 is 41.6 Å². The molecular weight excluding hydrogens is 610 g/mol. The highest BCUT2D eigenvalue weighted by Crippen LogP contribution is 2.46. The van der Waals surface area contributed by atoms with Crippen LogP contribution in [0.5, 0.6) is 17.2 Å². The van der Waals surface area contributed by atoms with Gasteiger partial charge in [0.15, 0.2) is 29.1 Å². The summed E-state index contributed by atoms with van der Waals surface area (Å²) in [5.74, 6) is -4.31. The zero-order valence-corrected chi connectivity index (χ0v) is 24.7. The van der Waals surface area contributed by atoms with Gasteiger partial charge in [-0.2, -0.15) is 0 Å². The summed E-state index contributed by atoms with van der Waals surface area (Å²) in [5, 5.41) is 31.7. The van der Waals surface area contributed by atoms with E-state index in [0.717, 1.165) is 18.1 Å². The fourth-order valence-electron chi connectivity index (χ4n) is 6.82. The van der Waals surface area contributed by atoms with E-state index in [2.05, 4.69) is 49.3 Å². The van der Waals surface area contributed by atoms with E-state index in [1.54, 1.807) is 12.1 Å². The molecule has 0 bridgehead atoms. The molecule has 2 aromatic rings. The average Bonchev–Trinajstić information content (AvgIpc) is 3.58. The molecule has 2 aromatic carbocycles. The lowest BCUT2D eigenvalue weighted by Crippen LogP contribution is -2.78. The Bertz CT molecular complexity index is 1720. The van der Waals surface area contributed by atoms with Crippen molar-refractivity contribution >= 4 is 23.7 Å². The van der Waals surface area contributed by atoms with Crippen LogP contribution in [0, 0.1) is 0 Å². The van der Waals surface area contributed by atoms with Gasteiger partial charge in [-0.1, -0.05) is 26.0 Å². The molecule has 7 rings (SSSR count). The number of hydrogen-bond acceptors (Lipinski definition) is 13. The third kappa shape index (κ3) is 4.36. The topological polar surface area (TPSA) is 218 Å². The Morgan fingerprint density at radius 3 is 2.65 bits per heavy atom. The fourth-order valence-corrected chi connectivity index (χ4v) is 6.82. The molecule has 3 unspecified atom stereocenters. The van der Waals surface area contributed by atoms with E-state index in [9.17, 15) is 28.6 Å². The van der Waals surface area contributed by atoms with E-state index in [1.807, 2.05) is 6.07 Å². The number of nitrogens with two attached hydrogens (primary N) is 2. The first kappa shape index (κ1) is 29.8. The maximum Gasteiger partial charge on any atom is 0.586 e. The van der Waals surface area contributed by atoms with Gasteiger partial charge in [-0.3, -0.25) is 9.59 Å². The summed E-state index contributed by atoms with van der Waals surface area (Å²) in [4.78, 5) is 36.8. The minimum atomic E-state index is -3.84. The van der Waals surface area contributed by atoms with E-state index in [-0.39, 0.29) is 53.0 Å². The van der Waals surface area contributed by atoms with E-state index >= 15 is 0 Å². The fraction of sp³-hybridized carbons (Fsp3) is 0.448. The van der Waals surface area contributed by atoms with Crippen LogP contribution in [0.1, 0.15) is 46.5 Å². The number of nitrogens with one attached hydrogen (secondary N) is 3. The molecule has 17 heteroatoms. The highest BCUT2D eigenvalue weighted by Gasteiger charge is 2.73. The molecule has 1 fully saturated rings. The lowest BCUT2D eigenvalue weighted by molar-refractivity contribution is -0.286. The highest BCUT2D eigenvalue weighted by molar-refractivity contribution is 5.98.